The number of carbonyl (C=O) groups is 1. The van der Waals surface area contributed by atoms with Crippen LogP contribution in [0, 0.1) is 12.3 Å². The molecular weight excluding hydrogens is 246 g/mol. The molecule has 0 fully saturated rings. The first-order valence-electron chi connectivity index (χ1n) is 5.97. The third kappa shape index (κ3) is 2.81. The highest BCUT2D eigenvalue weighted by atomic mass is 16.5. The van der Waals surface area contributed by atoms with E-state index in [4.69, 9.17) is 15.2 Å². The van der Waals surface area contributed by atoms with Gasteiger partial charge in [0.2, 0.25) is 0 Å². The maximum Gasteiger partial charge on any atom is 0.311 e. The molecule has 1 aromatic rings. The average Bonchev–Trinajstić information content (AvgIpc) is 2.37. The number of aryl methyl sites for hydroxylation is 1. The van der Waals surface area contributed by atoms with Gasteiger partial charge in [-0.05, 0) is 38.5 Å². The normalized spacial score (nSPS) is 12.9. The fourth-order valence-electron chi connectivity index (χ4n) is 1.84. The molecule has 1 atom stereocenters. The molecule has 0 radical (unpaired) electrons. The van der Waals surface area contributed by atoms with E-state index in [0.29, 0.717) is 17.1 Å². The maximum absolute atomic E-state index is 11.3. The smallest absolute Gasteiger partial charge is 0.311 e. The third-order valence-electron chi connectivity index (χ3n) is 3.41. The minimum absolute atomic E-state index is 0.570. The number of carboxylic acid groups (broad SMARTS) is 1. The summed E-state index contributed by atoms with van der Waals surface area (Å²) in [5.41, 5.74) is 6.53. The van der Waals surface area contributed by atoms with Crippen molar-refractivity contribution >= 4 is 5.97 Å². The zero-order valence-electron chi connectivity index (χ0n) is 12.0. The van der Waals surface area contributed by atoms with Crippen molar-refractivity contribution in [1.29, 1.82) is 0 Å². The van der Waals surface area contributed by atoms with Gasteiger partial charge in [0.1, 0.15) is 11.5 Å². The molecule has 0 saturated carbocycles. The molecular formula is C14H21NO4. The number of hydrogen-bond acceptors (Lipinski definition) is 4. The van der Waals surface area contributed by atoms with E-state index >= 15 is 0 Å². The zero-order valence-corrected chi connectivity index (χ0v) is 12.0. The summed E-state index contributed by atoms with van der Waals surface area (Å²) in [6.07, 6.45) is 0. The lowest BCUT2D eigenvalue weighted by molar-refractivity contribution is -0.148. The molecule has 5 nitrogen and oxygen atoms in total. The number of benzene rings is 1. The first-order valence-corrected chi connectivity index (χ1v) is 5.97. The van der Waals surface area contributed by atoms with Gasteiger partial charge in [-0.3, -0.25) is 4.79 Å². The summed E-state index contributed by atoms with van der Waals surface area (Å²) in [5, 5.41) is 9.27. The van der Waals surface area contributed by atoms with E-state index in [0.717, 1.165) is 5.56 Å². The van der Waals surface area contributed by atoms with Crippen LogP contribution in [-0.2, 0) is 4.79 Å². The van der Waals surface area contributed by atoms with Gasteiger partial charge in [0, 0.05) is 11.6 Å². The lowest BCUT2D eigenvalue weighted by atomic mass is 9.80. The topological polar surface area (TPSA) is 81.8 Å². The number of rotatable bonds is 5. The summed E-state index contributed by atoms with van der Waals surface area (Å²) < 4.78 is 10.5. The average molecular weight is 267 g/mol. The van der Waals surface area contributed by atoms with Crippen LogP contribution in [0.25, 0.3) is 0 Å². The Hall–Kier alpha value is -1.75. The summed E-state index contributed by atoms with van der Waals surface area (Å²) in [7, 11) is 3.09. The lowest BCUT2D eigenvalue weighted by Crippen LogP contribution is -2.36. The molecule has 1 unspecified atom stereocenters. The molecule has 1 rings (SSSR count). The van der Waals surface area contributed by atoms with Crippen molar-refractivity contribution in [2.75, 3.05) is 14.2 Å². The van der Waals surface area contributed by atoms with Crippen molar-refractivity contribution in [2.45, 2.75) is 26.8 Å². The number of ether oxygens (including phenoxy) is 2. The monoisotopic (exact) mass is 267 g/mol. The van der Waals surface area contributed by atoms with Crippen LogP contribution in [-0.4, -0.2) is 25.3 Å². The predicted molar refractivity (Wildman–Crippen MR) is 72.6 cm³/mol. The first-order chi connectivity index (χ1) is 8.75. The fourth-order valence-corrected chi connectivity index (χ4v) is 1.84. The zero-order chi connectivity index (χ0) is 14.8. The van der Waals surface area contributed by atoms with Crippen LogP contribution >= 0.6 is 0 Å². The van der Waals surface area contributed by atoms with Crippen molar-refractivity contribution in [3.05, 3.63) is 23.3 Å². The minimum Gasteiger partial charge on any atom is -0.496 e. The van der Waals surface area contributed by atoms with Crippen LogP contribution < -0.4 is 15.2 Å². The van der Waals surface area contributed by atoms with Gasteiger partial charge in [0.15, 0.2) is 0 Å². The van der Waals surface area contributed by atoms with E-state index in [2.05, 4.69) is 0 Å². The summed E-state index contributed by atoms with van der Waals surface area (Å²) in [5.74, 6) is 0.272. The highest BCUT2D eigenvalue weighted by Gasteiger charge is 2.37. The van der Waals surface area contributed by atoms with E-state index < -0.39 is 17.4 Å². The Morgan fingerprint density at radius 1 is 1.26 bits per heavy atom. The molecule has 0 aliphatic heterocycles. The lowest BCUT2D eigenvalue weighted by Gasteiger charge is -2.29. The fraction of sp³-hybridized carbons (Fsp3) is 0.500. The van der Waals surface area contributed by atoms with Gasteiger partial charge in [-0.2, -0.15) is 0 Å². The molecule has 106 valence electrons. The van der Waals surface area contributed by atoms with Crippen molar-refractivity contribution in [3.63, 3.8) is 0 Å². The van der Waals surface area contributed by atoms with E-state index in [1.807, 2.05) is 6.92 Å². The van der Waals surface area contributed by atoms with E-state index in [9.17, 15) is 9.90 Å². The molecule has 0 amide bonds. The van der Waals surface area contributed by atoms with Crippen LogP contribution in [0.1, 0.15) is 31.0 Å². The maximum atomic E-state index is 11.3. The van der Waals surface area contributed by atoms with Crippen LogP contribution in [0.5, 0.6) is 11.5 Å². The Labute approximate surface area is 113 Å². The number of aliphatic carboxylic acids is 1. The number of hydrogen-bond donors (Lipinski definition) is 2. The van der Waals surface area contributed by atoms with Gasteiger partial charge >= 0.3 is 5.97 Å². The van der Waals surface area contributed by atoms with Gasteiger partial charge in [-0.1, -0.05) is 0 Å². The molecule has 0 spiro atoms. The Balaban J connectivity index is 3.36. The molecule has 0 aliphatic rings. The van der Waals surface area contributed by atoms with E-state index in [1.165, 1.54) is 7.11 Å². The van der Waals surface area contributed by atoms with Crippen molar-refractivity contribution < 1.29 is 19.4 Å². The molecule has 0 saturated heterocycles. The highest BCUT2D eigenvalue weighted by molar-refractivity contribution is 5.75. The summed E-state index contributed by atoms with van der Waals surface area (Å²) in [4.78, 5) is 11.3. The van der Waals surface area contributed by atoms with Gasteiger partial charge in [0.25, 0.3) is 0 Å². The molecule has 0 heterocycles. The summed E-state index contributed by atoms with van der Waals surface area (Å²) >= 11 is 0. The van der Waals surface area contributed by atoms with Crippen LogP contribution in [0.4, 0.5) is 0 Å². The predicted octanol–water partition coefficient (Wildman–Crippen LogP) is 2.12. The van der Waals surface area contributed by atoms with E-state index in [-0.39, 0.29) is 0 Å². The Morgan fingerprint density at radius 3 is 2.21 bits per heavy atom. The number of methoxy groups -OCH3 is 2. The van der Waals surface area contributed by atoms with Crippen LogP contribution in [0.3, 0.4) is 0 Å². The molecule has 0 bridgehead atoms. The Bertz CT molecular complexity index is 483. The highest BCUT2D eigenvalue weighted by Crippen LogP contribution is 2.39. The summed E-state index contributed by atoms with van der Waals surface area (Å²) in [6, 6.07) is 2.84. The molecule has 3 N–H and O–H groups in total. The Morgan fingerprint density at radius 2 is 1.79 bits per heavy atom. The SMILES string of the molecule is COc1cc(C(N)C(C)(C)C(=O)O)c(OC)cc1C. The van der Waals surface area contributed by atoms with Crippen molar-refractivity contribution in [3.8, 4) is 11.5 Å². The third-order valence-corrected chi connectivity index (χ3v) is 3.41. The van der Waals surface area contributed by atoms with Crippen LogP contribution in [0.2, 0.25) is 0 Å². The summed E-state index contributed by atoms with van der Waals surface area (Å²) in [6.45, 7) is 5.07. The van der Waals surface area contributed by atoms with Gasteiger partial charge in [-0.15, -0.1) is 0 Å². The van der Waals surface area contributed by atoms with Gasteiger partial charge in [0.05, 0.1) is 19.6 Å². The molecule has 0 aromatic heterocycles. The molecule has 19 heavy (non-hydrogen) atoms. The minimum atomic E-state index is -1.10. The second-order valence-corrected chi connectivity index (χ2v) is 5.07. The molecule has 0 aliphatic carbocycles. The Kier molecular flexibility index (Phi) is 4.42. The van der Waals surface area contributed by atoms with E-state index in [1.54, 1.807) is 33.1 Å². The van der Waals surface area contributed by atoms with Crippen molar-refractivity contribution in [2.24, 2.45) is 11.1 Å². The quantitative estimate of drug-likeness (QED) is 0.854. The van der Waals surface area contributed by atoms with Crippen molar-refractivity contribution in [1.82, 2.24) is 0 Å². The first kappa shape index (κ1) is 15.3. The second kappa shape index (κ2) is 5.48. The molecule has 1 aromatic carbocycles. The van der Waals surface area contributed by atoms with Gasteiger partial charge in [-0.25, -0.2) is 0 Å². The van der Waals surface area contributed by atoms with Crippen LogP contribution in [0.15, 0.2) is 12.1 Å². The molecule has 5 heteroatoms. The number of nitrogens with two attached hydrogens (primary N) is 1. The second-order valence-electron chi connectivity index (χ2n) is 5.07. The number of carboxylic acids is 1. The standard InChI is InChI=1S/C14H21NO4/c1-8-6-11(19-5)9(7-10(8)18-4)12(15)14(2,3)13(16)17/h6-7,12H,15H2,1-5H3,(H,16,17). The van der Waals surface area contributed by atoms with Gasteiger partial charge < -0.3 is 20.3 Å². The largest absolute Gasteiger partial charge is 0.496 e.